The zero-order chi connectivity index (χ0) is 14.1. The molecule has 0 saturated carbocycles. The van der Waals surface area contributed by atoms with Crippen LogP contribution >= 0.6 is 11.6 Å². The van der Waals surface area contributed by atoms with Gasteiger partial charge in [-0.05, 0) is 43.1 Å². The summed E-state index contributed by atoms with van der Waals surface area (Å²) in [5, 5.41) is 0.848. The van der Waals surface area contributed by atoms with Gasteiger partial charge in [0.15, 0.2) is 0 Å². The van der Waals surface area contributed by atoms with Gasteiger partial charge in [0.25, 0.3) is 0 Å². The fourth-order valence-electron chi connectivity index (χ4n) is 2.12. The number of halogens is 1. The van der Waals surface area contributed by atoms with E-state index in [9.17, 15) is 0 Å². The first-order valence-electron chi connectivity index (χ1n) is 7.41. The standard InChI is InChI=1S/C16H27ClN2/c1-3-5-9-19(10-6-4-2)13-15-8-7-14(12-18)11-16(15)17/h7-8,11H,3-6,9-10,12-13,18H2,1-2H3. The molecule has 108 valence electrons. The minimum Gasteiger partial charge on any atom is -0.326 e. The Kier molecular flexibility index (Phi) is 8.11. The normalized spacial score (nSPS) is 11.2. The van der Waals surface area contributed by atoms with E-state index < -0.39 is 0 Å². The van der Waals surface area contributed by atoms with Gasteiger partial charge in [-0.25, -0.2) is 0 Å². The molecular formula is C16H27ClN2. The summed E-state index contributed by atoms with van der Waals surface area (Å²) in [6.45, 7) is 8.29. The fourth-order valence-corrected chi connectivity index (χ4v) is 2.38. The smallest absolute Gasteiger partial charge is 0.0454 e. The minimum absolute atomic E-state index is 0.551. The van der Waals surface area contributed by atoms with Crippen LogP contribution in [-0.4, -0.2) is 18.0 Å². The van der Waals surface area contributed by atoms with Crippen LogP contribution < -0.4 is 5.73 Å². The third-order valence-electron chi connectivity index (χ3n) is 3.40. The molecule has 1 aromatic rings. The minimum atomic E-state index is 0.551. The fraction of sp³-hybridized carbons (Fsp3) is 0.625. The van der Waals surface area contributed by atoms with Gasteiger partial charge in [0.1, 0.15) is 0 Å². The molecule has 0 amide bonds. The molecule has 2 N–H and O–H groups in total. The molecule has 0 aliphatic rings. The first-order chi connectivity index (χ1) is 9.21. The lowest BCUT2D eigenvalue weighted by Crippen LogP contribution is -2.25. The summed E-state index contributed by atoms with van der Waals surface area (Å²) >= 11 is 6.34. The topological polar surface area (TPSA) is 29.3 Å². The lowest BCUT2D eigenvalue weighted by molar-refractivity contribution is 0.257. The van der Waals surface area contributed by atoms with Crippen LogP contribution in [0.2, 0.25) is 5.02 Å². The zero-order valence-corrected chi connectivity index (χ0v) is 13.0. The maximum atomic E-state index is 6.34. The van der Waals surface area contributed by atoms with Crippen molar-refractivity contribution in [2.45, 2.75) is 52.6 Å². The van der Waals surface area contributed by atoms with E-state index in [4.69, 9.17) is 17.3 Å². The Labute approximate surface area is 122 Å². The highest BCUT2D eigenvalue weighted by molar-refractivity contribution is 6.31. The Bertz CT molecular complexity index is 358. The third kappa shape index (κ3) is 5.94. The van der Waals surface area contributed by atoms with Crippen molar-refractivity contribution in [3.05, 3.63) is 34.3 Å². The highest BCUT2D eigenvalue weighted by atomic mass is 35.5. The van der Waals surface area contributed by atoms with E-state index in [1.807, 2.05) is 6.07 Å². The molecule has 0 radical (unpaired) electrons. The number of hydrogen-bond acceptors (Lipinski definition) is 2. The van der Waals surface area contributed by atoms with E-state index in [0.717, 1.165) is 30.2 Å². The zero-order valence-electron chi connectivity index (χ0n) is 12.3. The maximum Gasteiger partial charge on any atom is 0.0454 e. The summed E-state index contributed by atoms with van der Waals surface area (Å²) in [6.07, 6.45) is 4.98. The van der Waals surface area contributed by atoms with Crippen LogP contribution in [0.1, 0.15) is 50.7 Å². The van der Waals surface area contributed by atoms with Crippen molar-refractivity contribution in [3.8, 4) is 0 Å². The molecule has 19 heavy (non-hydrogen) atoms. The SMILES string of the molecule is CCCCN(CCCC)Cc1ccc(CN)cc1Cl. The van der Waals surface area contributed by atoms with E-state index in [0.29, 0.717) is 6.54 Å². The molecule has 1 rings (SSSR count). The van der Waals surface area contributed by atoms with Gasteiger partial charge >= 0.3 is 0 Å². The van der Waals surface area contributed by atoms with Gasteiger partial charge in [-0.15, -0.1) is 0 Å². The molecule has 0 fully saturated rings. The second kappa shape index (κ2) is 9.35. The van der Waals surface area contributed by atoms with E-state index in [2.05, 4.69) is 30.9 Å². The molecule has 0 saturated heterocycles. The summed E-state index contributed by atoms with van der Waals surface area (Å²) in [5.41, 5.74) is 7.95. The Hall–Kier alpha value is -0.570. The van der Waals surface area contributed by atoms with Crippen LogP contribution in [0.5, 0.6) is 0 Å². The third-order valence-corrected chi connectivity index (χ3v) is 3.75. The molecule has 0 spiro atoms. The van der Waals surface area contributed by atoms with Gasteiger partial charge in [0, 0.05) is 18.1 Å². The van der Waals surface area contributed by atoms with E-state index >= 15 is 0 Å². The molecule has 0 bridgehead atoms. The van der Waals surface area contributed by atoms with Gasteiger partial charge in [-0.1, -0.05) is 50.4 Å². The largest absolute Gasteiger partial charge is 0.326 e. The average Bonchev–Trinajstić information content (AvgIpc) is 2.43. The van der Waals surface area contributed by atoms with Crippen molar-refractivity contribution in [2.75, 3.05) is 13.1 Å². The van der Waals surface area contributed by atoms with Crippen molar-refractivity contribution < 1.29 is 0 Å². The molecule has 0 aliphatic heterocycles. The van der Waals surface area contributed by atoms with Crippen molar-refractivity contribution >= 4 is 11.6 Å². The van der Waals surface area contributed by atoms with Gasteiger partial charge in [0.2, 0.25) is 0 Å². The number of rotatable bonds is 9. The molecule has 1 aromatic carbocycles. The second-order valence-corrected chi connectivity index (χ2v) is 5.52. The molecule has 3 heteroatoms. The van der Waals surface area contributed by atoms with Crippen LogP contribution in [0.15, 0.2) is 18.2 Å². The van der Waals surface area contributed by atoms with Crippen LogP contribution in [0.4, 0.5) is 0 Å². The predicted octanol–water partition coefficient (Wildman–Crippen LogP) is 4.20. The van der Waals surface area contributed by atoms with Crippen molar-refractivity contribution in [2.24, 2.45) is 5.73 Å². The van der Waals surface area contributed by atoms with Gasteiger partial charge in [0.05, 0.1) is 0 Å². The molecule has 0 aromatic heterocycles. The Balaban J connectivity index is 2.65. The second-order valence-electron chi connectivity index (χ2n) is 5.11. The van der Waals surface area contributed by atoms with Gasteiger partial charge in [-0.2, -0.15) is 0 Å². The van der Waals surface area contributed by atoms with Gasteiger partial charge in [-0.3, -0.25) is 4.90 Å². The Morgan fingerprint density at radius 3 is 2.21 bits per heavy atom. The van der Waals surface area contributed by atoms with Crippen molar-refractivity contribution in [1.29, 1.82) is 0 Å². The number of nitrogens with zero attached hydrogens (tertiary/aromatic N) is 1. The summed E-state index contributed by atoms with van der Waals surface area (Å²) < 4.78 is 0. The number of unbranched alkanes of at least 4 members (excludes halogenated alkanes) is 2. The summed E-state index contributed by atoms with van der Waals surface area (Å²) in [4.78, 5) is 2.51. The van der Waals surface area contributed by atoms with Crippen LogP contribution in [0, 0.1) is 0 Å². The molecule has 0 heterocycles. The van der Waals surface area contributed by atoms with Gasteiger partial charge < -0.3 is 5.73 Å². The van der Waals surface area contributed by atoms with Crippen molar-refractivity contribution in [1.82, 2.24) is 4.90 Å². The maximum absolute atomic E-state index is 6.34. The molecule has 0 atom stereocenters. The summed E-state index contributed by atoms with van der Waals surface area (Å²) in [7, 11) is 0. The molecule has 2 nitrogen and oxygen atoms in total. The van der Waals surface area contributed by atoms with Crippen LogP contribution in [-0.2, 0) is 13.1 Å². The quantitative estimate of drug-likeness (QED) is 0.735. The molecule has 0 aliphatic carbocycles. The first-order valence-corrected chi connectivity index (χ1v) is 7.78. The van der Waals surface area contributed by atoms with E-state index in [1.54, 1.807) is 0 Å². The first kappa shape index (κ1) is 16.5. The van der Waals surface area contributed by atoms with Crippen LogP contribution in [0.3, 0.4) is 0 Å². The number of hydrogen-bond donors (Lipinski definition) is 1. The highest BCUT2D eigenvalue weighted by Gasteiger charge is 2.08. The lowest BCUT2D eigenvalue weighted by atomic mass is 10.1. The summed E-state index contributed by atoms with van der Waals surface area (Å²) in [6, 6.07) is 6.20. The Morgan fingerprint density at radius 1 is 1.11 bits per heavy atom. The monoisotopic (exact) mass is 282 g/mol. The van der Waals surface area contributed by atoms with Crippen LogP contribution in [0.25, 0.3) is 0 Å². The number of nitrogens with two attached hydrogens (primary N) is 1. The van der Waals surface area contributed by atoms with E-state index in [-0.39, 0.29) is 0 Å². The average molecular weight is 283 g/mol. The molecular weight excluding hydrogens is 256 g/mol. The number of benzene rings is 1. The Morgan fingerprint density at radius 2 is 1.74 bits per heavy atom. The highest BCUT2D eigenvalue weighted by Crippen LogP contribution is 2.20. The lowest BCUT2D eigenvalue weighted by Gasteiger charge is -2.22. The van der Waals surface area contributed by atoms with Crippen molar-refractivity contribution in [3.63, 3.8) is 0 Å². The predicted molar refractivity (Wildman–Crippen MR) is 84.4 cm³/mol. The molecule has 0 unspecified atom stereocenters. The van der Waals surface area contributed by atoms with E-state index in [1.165, 1.54) is 31.2 Å². The summed E-state index contributed by atoms with van der Waals surface area (Å²) in [5.74, 6) is 0.